The Labute approximate surface area is 263 Å². The van der Waals surface area contributed by atoms with E-state index >= 15 is 0 Å². The molecule has 41 heavy (non-hydrogen) atoms. The average molecular weight is 583 g/mol. The third-order valence-corrected chi connectivity index (χ3v) is 7.27. The van der Waals surface area contributed by atoms with Crippen molar-refractivity contribution in [3.05, 3.63) is 76.9 Å². The first-order chi connectivity index (χ1) is 19.4. The smallest absolute Gasteiger partial charge is 0.545 e. The van der Waals surface area contributed by atoms with Crippen molar-refractivity contribution in [1.29, 1.82) is 0 Å². The van der Waals surface area contributed by atoms with Gasteiger partial charge in [-0.25, -0.2) is 0 Å². The second-order valence-corrected chi connectivity index (χ2v) is 9.96. The fourth-order valence-corrected chi connectivity index (χ4v) is 4.96. The molecule has 0 amide bonds. The summed E-state index contributed by atoms with van der Waals surface area (Å²) >= 11 is 1.02. The van der Waals surface area contributed by atoms with Gasteiger partial charge in [-0.2, -0.15) is 8.75 Å². The summed E-state index contributed by atoms with van der Waals surface area (Å²) in [5, 5.41) is 12.7. The van der Waals surface area contributed by atoms with Gasteiger partial charge in [0.1, 0.15) is 16.8 Å². The van der Waals surface area contributed by atoms with E-state index in [1.807, 2.05) is 0 Å². The molecule has 0 saturated heterocycles. The van der Waals surface area contributed by atoms with E-state index in [1.54, 1.807) is 54.6 Å². The Morgan fingerprint density at radius 1 is 0.902 bits per heavy atom. The summed E-state index contributed by atoms with van der Waals surface area (Å²) < 4.78 is 30.9. The maximum absolute atomic E-state index is 14.0. The summed E-state index contributed by atoms with van der Waals surface area (Å²) in [6.45, 7) is 0.550. The summed E-state index contributed by atoms with van der Waals surface area (Å²) in [6.07, 6.45) is 2.19. The van der Waals surface area contributed by atoms with E-state index in [9.17, 15) is 14.7 Å². The summed E-state index contributed by atoms with van der Waals surface area (Å²) in [7, 11) is 4.53. The van der Waals surface area contributed by atoms with Crippen LogP contribution in [0.5, 0.6) is 23.0 Å². The van der Waals surface area contributed by atoms with Crippen molar-refractivity contribution in [2.24, 2.45) is 5.92 Å². The number of carboxylic acid groups (broad SMARTS) is 1. The van der Waals surface area contributed by atoms with E-state index in [0.717, 1.165) is 24.6 Å². The zero-order valence-electron chi connectivity index (χ0n) is 23.3. The van der Waals surface area contributed by atoms with Gasteiger partial charge in [0, 0.05) is 23.1 Å². The van der Waals surface area contributed by atoms with E-state index in [4.69, 9.17) is 18.9 Å². The van der Waals surface area contributed by atoms with Crippen molar-refractivity contribution in [2.75, 3.05) is 27.9 Å². The van der Waals surface area contributed by atoms with Crippen LogP contribution in [0.4, 0.5) is 0 Å². The van der Waals surface area contributed by atoms with Crippen molar-refractivity contribution in [2.45, 2.75) is 19.3 Å². The SMILES string of the molecule is COc1cccc(C(=O)C(Cc2cc(OC)c(OCC3CC3)c(OC)c2)=C(C(=O)[O-])c2ccc3nsnc3c2)c1.[Na+]. The normalized spacial score (nSPS) is 13.1. The van der Waals surface area contributed by atoms with Gasteiger partial charge in [-0.05, 0) is 66.3 Å². The number of hydrogen-bond acceptors (Lipinski definition) is 10. The van der Waals surface area contributed by atoms with E-state index in [-0.39, 0.29) is 58.3 Å². The predicted molar refractivity (Wildman–Crippen MR) is 148 cm³/mol. The van der Waals surface area contributed by atoms with Crippen LogP contribution >= 0.6 is 11.7 Å². The Balaban J connectivity index is 0.00000387. The molecule has 206 valence electrons. The number of methoxy groups -OCH3 is 3. The number of carbonyl (C=O) groups excluding carboxylic acids is 2. The Morgan fingerprint density at radius 3 is 2.24 bits per heavy atom. The Bertz CT molecular complexity index is 1590. The minimum absolute atomic E-state index is 0. The van der Waals surface area contributed by atoms with E-state index in [1.165, 1.54) is 21.3 Å². The van der Waals surface area contributed by atoms with Crippen LogP contribution in [0.3, 0.4) is 0 Å². The third-order valence-electron chi connectivity index (χ3n) is 6.72. The first-order valence-corrected chi connectivity index (χ1v) is 13.4. The fourth-order valence-electron chi connectivity index (χ4n) is 4.44. The Hall–Kier alpha value is -3.44. The van der Waals surface area contributed by atoms with Crippen LogP contribution in [-0.2, 0) is 11.2 Å². The number of nitrogens with zero attached hydrogens (tertiary/aromatic N) is 2. The fraction of sp³-hybridized carbons (Fsp3) is 0.267. The minimum atomic E-state index is -1.49. The number of ether oxygens (including phenoxy) is 4. The molecule has 0 atom stereocenters. The van der Waals surface area contributed by atoms with Crippen molar-refractivity contribution >= 4 is 40.1 Å². The molecule has 11 heteroatoms. The molecule has 1 heterocycles. The second-order valence-electron chi connectivity index (χ2n) is 9.43. The molecule has 0 unspecified atom stereocenters. The molecular formula is C30H27N2NaO7S. The number of benzene rings is 3. The van der Waals surface area contributed by atoms with Gasteiger partial charge in [-0.1, -0.05) is 18.2 Å². The summed E-state index contributed by atoms with van der Waals surface area (Å²) in [5.41, 5.74) is 2.08. The molecule has 9 nitrogen and oxygen atoms in total. The topological polar surface area (TPSA) is 120 Å². The number of ketones is 1. The van der Waals surface area contributed by atoms with Crippen molar-refractivity contribution in [3.8, 4) is 23.0 Å². The standard InChI is InChI=1S/C30H28N2O7S.Na/c1-36-21-6-4-5-20(14-21)28(33)22(27(30(34)35)19-9-10-23-24(15-19)32-40-31-23)11-18-12-25(37-2)29(26(13-18)38-3)39-16-17-7-8-17;/h4-6,9-10,12-15,17H,7-8,11,16H2,1-3H3,(H,34,35);/q;+1/p-1. The van der Waals surface area contributed by atoms with Crippen LogP contribution < -0.4 is 53.6 Å². The van der Waals surface area contributed by atoms with Crippen LogP contribution in [0.1, 0.15) is 34.3 Å². The van der Waals surface area contributed by atoms with Crippen LogP contribution in [0.25, 0.3) is 16.6 Å². The van der Waals surface area contributed by atoms with Gasteiger partial charge in [0.2, 0.25) is 5.75 Å². The number of carboxylic acids is 1. The predicted octanol–water partition coefficient (Wildman–Crippen LogP) is 1.14. The summed E-state index contributed by atoms with van der Waals surface area (Å²) in [4.78, 5) is 26.7. The molecule has 3 aromatic carbocycles. The number of aliphatic carboxylic acids is 1. The van der Waals surface area contributed by atoms with Gasteiger partial charge < -0.3 is 28.8 Å². The van der Waals surface area contributed by atoms with Crippen LogP contribution in [-0.4, -0.2) is 48.4 Å². The molecule has 1 aliphatic carbocycles. The summed E-state index contributed by atoms with van der Waals surface area (Å²) in [6, 6.07) is 14.9. The molecule has 0 bridgehead atoms. The number of rotatable bonds is 12. The zero-order chi connectivity index (χ0) is 28.2. The van der Waals surface area contributed by atoms with Crippen LogP contribution in [0.15, 0.2) is 60.2 Å². The van der Waals surface area contributed by atoms with Gasteiger partial charge in [-0.3, -0.25) is 4.79 Å². The average Bonchev–Trinajstić information content (AvgIpc) is 3.69. The van der Waals surface area contributed by atoms with Gasteiger partial charge in [0.15, 0.2) is 17.3 Å². The molecule has 0 aliphatic heterocycles. The van der Waals surface area contributed by atoms with E-state index in [2.05, 4.69) is 8.75 Å². The number of carbonyl (C=O) groups is 2. The maximum atomic E-state index is 14.0. The first-order valence-electron chi connectivity index (χ1n) is 12.7. The monoisotopic (exact) mass is 582 g/mol. The van der Waals surface area contributed by atoms with E-state index in [0.29, 0.717) is 52.1 Å². The molecule has 5 rings (SSSR count). The van der Waals surface area contributed by atoms with Crippen molar-refractivity contribution in [1.82, 2.24) is 8.75 Å². The number of allylic oxidation sites excluding steroid dienone is 1. The molecule has 1 aromatic heterocycles. The number of aromatic nitrogens is 2. The maximum Gasteiger partial charge on any atom is 1.00 e. The molecule has 1 aliphatic rings. The van der Waals surface area contributed by atoms with Gasteiger partial charge >= 0.3 is 29.6 Å². The van der Waals surface area contributed by atoms with Crippen LogP contribution in [0, 0.1) is 5.92 Å². The molecule has 4 aromatic rings. The summed E-state index contributed by atoms with van der Waals surface area (Å²) in [5.74, 6) is 0.322. The number of Topliss-reactive ketones (excluding diaryl/α,β-unsaturated/α-hetero) is 1. The van der Waals surface area contributed by atoms with Crippen LogP contribution in [0.2, 0.25) is 0 Å². The van der Waals surface area contributed by atoms with Gasteiger partial charge in [0.25, 0.3) is 0 Å². The first kappa shape index (κ1) is 30.5. The molecule has 0 spiro atoms. The Morgan fingerprint density at radius 2 is 1.61 bits per heavy atom. The molecule has 0 radical (unpaired) electrons. The zero-order valence-corrected chi connectivity index (χ0v) is 26.1. The quantitative estimate of drug-likeness (QED) is 0.138. The minimum Gasteiger partial charge on any atom is -0.545 e. The number of hydrogen-bond donors (Lipinski definition) is 0. The molecular weight excluding hydrogens is 555 g/mol. The third kappa shape index (κ3) is 6.90. The van der Waals surface area contributed by atoms with Gasteiger partial charge in [0.05, 0.1) is 45.6 Å². The van der Waals surface area contributed by atoms with Crippen molar-refractivity contribution < 1.29 is 63.2 Å². The Kier molecular flexibility index (Phi) is 10.0. The molecule has 1 saturated carbocycles. The molecule has 1 fully saturated rings. The van der Waals surface area contributed by atoms with Gasteiger partial charge in [-0.15, -0.1) is 0 Å². The number of fused-ring (bicyclic) bond motifs is 1. The van der Waals surface area contributed by atoms with Crippen molar-refractivity contribution in [3.63, 3.8) is 0 Å². The molecule has 0 N–H and O–H groups in total. The largest absolute Gasteiger partial charge is 1.00 e. The van der Waals surface area contributed by atoms with E-state index < -0.39 is 11.8 Å². The second kappa shape index (κ2) is 13.5.